The number of methoxy groups -OCH3 is 2. The third-order valence-corrected chi connectivity index (χ3v) is 9.28. The van der Waals surface area contributed by atoms with Crippen molar-refractivity contribution in [2.24, 2.45) is 5.92 Å². The largest absolute Gasteiger partial charge is 0.493 e. The number of amides is 2. The minimum Gasteiger partial charge on any atom is -0.493 e. The van der Waals surface area contributed by atoms with Crippen LogP contribution in [0.4, 0.5) is 5.69 Å². The summed E-state index contributed by atoms with van der Waals surface area (Å²) in [6, 6.07) is 14.8. The van der Waals surface area contributed by atoms with E-state index in [0.29, 0.717) is 27.9 Å². The predicted octanol–water partition coefficient (Wildman–Crippen LogP) is 5.70. The molecule has 0 fully saturated rings. The minimum atomic E-state index is -4.26. The lowest BCUT2D eigenvalue weighted by Gasteiger charge is -2.32. The van der Waals surface area contributed by atoms with Crippen LogP contribution in [0.2, 0.25) is 10.0 Å². The van der Waals surface area contributed by atoms with Crippen molar-refractivity contribution in [1.29, 1.82) is 0 Å². The van der Waals surface area contributed by atoms with Gasteiger partial charge in [-0.05, 0) is 56.2 Å². The van der Waals surface area contributed by atoms with E-state index in [1.165, 1.54) is 43.4 Å². The Morgan fingerprint density at radius 1 is 0.907 bits per heavy atom. The SMILES string of the molecule is COc1ccc(N(CC(=O)N(Cc2c(Cl)cccc2Cl)[C@H](C)C(=O)NCC(C)C)S(=O)(=O)c2ccc(C)cc2)cc1OC. The summed E-state index contributed by atoms with van der Waals surface area (Å²) >= 11 is 12.9. The predicted molar refractivity (Wildman–Crippen MR) is 170 cm³/mol. The third-order valence-electron chi connectivity index (χ3n) is 6.78. The molecule has 0 aliphatic rings. The van der Waals surface area contributed by atoms with E-state index < -0.39 is 34.4 Å². The van der Waals surface area contributed by atoms with Gasteiger partial charge in [-0.2, -0.15) is 0 Å². The summed E-state index contributed by atoms with van der Waals surface area (Å²) in [6.07, 6.45) is 0. The number of aryl methyl sites for hydroxylation is 1. The molecule has 1 atom stereocenters. The van der Waals surface area contributed by atoms with Gasteiger partial charge >= 0.3 is 0 Å². The Morgan fingerprint density at radius 2 is 1.51 bits per heavy atom. The van der Waals surface area contributed by atoms with E-state index in [-0.39, 0.29) is 28.8 Å². The fourth-order valence-corrected chi connectivity index (χ4v) is 6.16. The van der Waals surface area contributed by atoms with E-state index in [2.05, 4.69) is 5.32 Å². The van der Waals surface area contributed by atoms with Gasteiger partial charge in [-0.3, -0.25) is 13.9 Å². The maximum Gasteiger partial charge on any atom is 0.264 e. The second-order valence-corrected chi connectivity index (χ2v) is 13.1. The topological polar surface area (TPSA) is 105 Å². The summed E-state index contributed by atoms with van der Waals surface area (Å²) in [4.78, 5) is 28.6. The van der Waals surface area contributed by atoms with Crippen LogP contribution in [0.25, 0.3) is 0 Å². The normalized spacial score (nSPS) is 12.0. The molecule has 2 amide bonds. The lowest BCUT2D eigenvalue weighted by Crippen LogP contribution is -2.51. The molecular weight excluding hydrogens is 613 g/mol. The third kappa shape index (κ3) is 8.34. The molecule has 232 valence electrons. The summed E-state index contributed by atoms with van der Waals surface area (Å²) in [7, 11) is -1.37. The number of halogens is 2. The van der Waals surface area contributed by atoms with Crippen LogP contribution in [0, 0.1) is 12.8 Å². The fourth-order valence-electron chi connectivity index (χ4n) is 4.24. The van der Waals surface area contributed by atoms with Crippen molar-refractivity contribution < 1.29 is 27.5 Å². The average molecular weight is 651 g/mol. The Bertz CT molecular complexity index is 1530. The van der Waals surface area contributed by atoms with Crippen LogP contribution in [-0.2, 0) is 26.2 Å². The summed E-state index contributed by atoms with van der Waals surface area (Å²) in [5.41, 5.74) is 1.47. The maximum atomic E-state index is 14.1. The number of carbonyl (C=O) groups excluding carboxylic acids is 2. The quantitative estimate of drug-likeness (QED) is 0.255. The fraction of sp³-hybridized carbons (Fsp3) is 0.355. The molecule has 0 unspecified atom stereocenters. The first-order chi connectivity index (χ1) is 20.3. The number of hydrogen-bond donors (Lipinski definition) is 1. The zero-order chi connectivity index (χ0) is 31.9. The number of nitrogens with zero attached hydrogens (tertiary/aromatic N) is 2. The van der Waals surface area contributed by atoms with Crippen molar-refractivity contribution in [2.45, 2.75) is 45.2 Å². The molecule has 0 bridgehead atoms. The van der Waals surface area contributed by atoms with Gasteiger partial charge < -0.3 is 19.7 Å². The second-order valence-electron chi connectivity index (χ2n) is 10.4. The molecule has 0 saturated heterocycles. The highest BCUT2D eigenvalue weighted by Crippen LogP contribution is 2.34. The summed E-state index contributed by atoms with van der Waals surface area (Å²) < 4.78 is 39.9. The number of anilines is 1. The summed E-state index contributed by atoms with van der Waals surface area (Å²) in [5.74, 6) is -0.204. The molecule has 0 spiro atoms. The van der Waals surface area contributed by atoms with Crippen LogP contribution in [0.5, 0.6) is 11.5 Å². The second kappa shape index (κ2) is 14.8. The lowest BCUT2D eigenvalue weighted by atomic mass is 10.1. The molecule has 0 heterocycles. The Hall–Kier alpha value is -3.47. The molecule has 3 aromatic rings. The van der Waals surface area contributed by atoms with Crippen LogP contribution in [-0.4, -0.2) is 58.5 Å². The Morgan fingerprint density at radius 3 is 2.07 bits per heavy atom. The molecule has 1 N–H and O–H groups in total. The van der Waals surface area contributed by atoms with Crippen LogP contribution in [0.15, 0.2) is 65.6 Å². The maximum absolute atomic E-state index is 14.1. The van der Waals surface area contributed by atoms with Gasteiger partial charge in [-0.15, -0.1) is 0 Å². The van der Waals surface area contributed by atoms with Crippen molar-refractivity contribution in [3.05, 3.63) is 81.8 Å². The van der Waals surface area contributed by atoms with E-state index in [4.69, 9.17) is 32.7 Å². The Labute approximate surface area is 263 Å². The van der Waals surface area contributed by atoms with E-state index in [1.54, 1.807) is 43.3 Å². The number of rotatable bonds is 13. The molecule has 9 nitrogen and oxygen atoms in total. The number of ether oxygens (including phenoxy) is 2. The number of sulfonamides is 1. The van der Waals surface area contributed by atoms with Gasteiger partial charge in [0.05, 0.1) is 24.8 Å². The molecule has 0 aromatic heterocycles. The van der Waals surface area contributed by atoms with Crippen molar-refractivity contribution in [2.75, 3.05) is 31.6 Å². The van der Waals surface area contributed by atoms with Crippen LogP contribution in [0.3, 0.4) is 0 Å². The Kier molecular flexibility index (Phi) is 11.7. The average Bonchev–Trinajstić information content (AvgIpc) is 2.97. The van der Waals surface area contributed by atoms with E-state index >= 15 is 0 Å². The monoisotopic (exact) mass is 649 g/mol. The molecule has 12 heteroatoms. The highest BCUT2D eigenvalue weighted by molar-refractivity contribution is 7.92. The molecular formula is C31H37Cl2N3O6S. The van der Waals surface area contributed by atoms with Crippen molar-refractivity contribution in [3.63, 3.8) is 0 Å². The van der Waals surface area contributed by atoms with Gasteiger partial charge in [-0.1, -0.05) is 60.8 Å². The minimum absolute atomic E-state index is 0.0101. The van der Waals surface area contributed by atoms with Gasteiger partial charge in [-0.25, -0.2) is 8.42 Å². The zero-order valence-electron chi connectivity index (χ0n) is 25.1. The van der Waals surface area contributed by atoms with E-state index in [9.17, 15) is 18.0 Å². The van der Waals surface area contributed by atoms with Gasteiger partial charge in [0.1, 0.15) is 12.6 Å². The van der Waals surface area contributed by atoms with Gasteiger partial charge in [0.25, 0.3) is 10.0 Å². The molecule has 0 aliphatic carbocycles. The van der Waals surface area contributed by atoms with E-state index in [0.717, 1.165) is 9.87 Å². The van der Waals surface area contributed by atoms with Gasteiger partial charge in [0, 0.05) is 34.8 Å². The molecule has 3 aromatic carbocycles. The van der Waals surface area contributed by atoms with Crippen molar-refractivity contribution in [1.82, 2.24) is 10.2 Å². The number of carbonyl (C=O) groups is 2. The first-order valence-electron chi connectivity index (χ1n) is 13.6. The highest BCUT2D eigenvalue weighted by Gasteiger charge is 2.33. The number of benzene rings is 3. The van der Waals surface area contributed by atoms with Crippen molar-refractivity contribution >= 4 is 50.7 Å². The number of nitrogens with one attached hydrogen (secondary N) is 1. The van der Waals surface area contributed by atoms with Crippen LogP contribution < -0.4 is 19.1 Å². The Balaban J connectivity index is 2.11. The standard InChI is InChI=1S/C31H37Cl2N3O6S/c1-20(2)17-34-31(38)22(4)35(18-25-26(32)8-7-9-27(25)33)30(37)19-36(23-12-15-28(41-5)29(16-23)42-6)43(39,40)24-13-10-21(3)11-14-24/h7-16,20,22H,17-19H2,1-6H3,(H,34,38)/t22-/m1/s1. The molecule has 3 rings (SSSR count). The molecule has 43 heavy (non-hydrogen) atoms. The first kappa shape index (κ1) is 34.0. The molecule has 0 saturated carbocycles. The molecule has 0 radical (unpaired) electrons. The van der Waals surface area contributed by atoms with Gasteiger partial charge in [0.15, 0.2) is 11.5 Å². The lowest BCUT2D eigenvalue weighted by molar-refractivity contribution is -0.139. The zero-order valence-corrected chi connectivity index (χ0v) is 27.4. The molecule has 0 aliphatic heterocycles. The van der Waals surface area contributed by atoms with Crippen molar-refractivity contribution in [3.8, 4) is 11.5 Å². The highest BCUT2D eigenvalue weighted by atomic mass is 35.5. The number of hydrogen-bond acceptors (Lipinski definition) is 6. The first-order valence-corrected chi connectivity index (χ1v) is 15.8. The smallest absolute Gasteiger partial charge is 0.264 e. The van der Waals surface area contributed by atoms with Crippen LogP contribution in [0.1, 0.15) is 31.9 Å². The van der Waals surface area contributed by atoms with E-state index in [1.807, 2.05) is 20.8 Å². The van der Waals surface area contributed by atoms with Gasteiger partial charge in [0.2, 0.25) is 11.8 Å². The summed E-state index contributed by atoms with van der Waals surface area (Å²) in [6.45, 7) is 6.97. The summed E-state index contributed by atoms with van der Waals surface area (Å²) in [5, 5.41) is 3.46. The van der Waals surface area contributed by atoms with Crippen LogP contribution >= 0.6 is 23.2 Å².